The largest absolute Gasteiger partial charge is 0.459 e. The maximum Gasteiger partial charge on any atom is 0.134 e. The van der Waals surface area contributed by atoms with Gasteiger partial charge in [0, 0.05) is 10.9 Å². The highest BCUT2D eigenvalue weighted by molar-refractivity contribution is 5.82. The van der Waals surface area contributed by atoms with Gasteiger partial charge >= 0.3 is 0 Å². The van der Waals surface area contributed by atoms with Gasteiger partial charge in [0.15, 0.2) is 0 Å². The average Bonchev–Trinajstić information content (AvgIpc) is 2.81. The molecule has 0 radical (unpaired) electrons. The fraction of sp³-hybridized carbons (Fsp3) is 0.444. The molecule has 0 unspecified atom stereocenters. The lowest BCUT2D eigenvalue weighted by Crippen LogP contribution is -2.14. The lowest BCUT2D eigenvalue weighted by molar-refractivity contribution is 0.123. The van der Waals surface area contributed by atoms with Crippen LogP contribution in [0.2, 0.25) is 0 Å². The lowest BCUT2D eigenvalue weighted by atomic mass is 10.1. The Labute approximate surface area is 127 Å². The van der Waals surface area contributed by atoms with E-state index in [-0.39, 0.29) is 0 Å². The first-order valence-corrected chi connectivity index (χ1v) is 7.64. The van der Waals surface area contributed by atoms with Crippen molar-refractivity contribution < 1.29 is 9.15 Å². The molecule has 1 aromatic carbocycles. The van der Waals surface area contributed by atoms with E-state index in [1.807, 2.05) is 25.1 Å². The van der Waals surface area contributed by atoms with E-state index in [9.17, 15) is 0 Å². The Bertz CT molecular complexity index is 586. The zero-order valence-corrected chi connectivity index (χ0v) is 13.1. The third kappa shape index (κ3) is 4.45. The third-order valence-electron chi connectivity index (χ3n) is 3.41. The highest BCUT2D eigenvalue weighted by Gasteiger charge is 2.13. The Morgan fingerprint density at radius 3 is 2.90 bits per heavy atom. The van der Waals surface area contributed by atoms with Gasteiger partial charge in [0.25, 0.3) is 0 Å². The van der Waals surface area contributed by atoms with Crippen molar-refractivity contribution in [3.63, 3.8) is 0 Å². The van der Waals surface area contributed by atoms with Gasteiger partial charge in [0.2, 0.25) is 0 Å². The number of hydrogen-bond donors (Lipinski definition) is 1. The van der Waals surface area contributed by atoms with Crippen LogP contribution in [0.1, 0.15) is 38.0 Å². The van der Waals surface area contributed by atoms with Crippen molar-refractivity contribution in [2.45, 2.75) is 39.8 Å². The monoisotopic (exact) mass is 287 g/mol. The van der Waals surface area contributed by atoms with Crippen LogP contribution in [-0.4, -0.2) is 13.2 Å². The number of nitrogens with one attached hydrogen (secondary N) is 1. The molecular weight excluding hydrogens is 262 g/mol. The summed E-state index contributed by atoms with van der Waals surface area (Å²) in [6.45, 7) is 11.1. The molecule has 0 saturated carbocycles. The van der Waals surface area contributed by atoms with Gasteiger partial charge < -0.3 is 14.5 Å². The number of benzene rings is 1. The first-order valence-electron chi connectivity index (χ1n) is 7.64. The molecule has 2 rings (SSSR count). The van der Waals surface area contributed by atoms with Crippen LogP contribution in [0, 0.1) is 0 Å². The molecule has 2 aromatic rings. The first kappa shape index (κ1) is 15.8. The molecule has 0 spiro atoms. The standard InChI is InChI=1S/C18H25NO2/c1-4-10-19-12-18-16(13-20-11-9-14(2)3)15-7-5-6-8-17(15)21-18/h5-8,19H,2,4,9-13H2,1,3H3. The Morgan fingerprint density at radius 2 is 2.14 bits per heavy atom. The second-order valence-corrected chi connectivity index (χ2v) is 5.44. The minimum Gasteiger partial charge on any atom is -0.459 e. The number of furan rings is 1. The Kier molecular flexibility index (Phi) is 6.03. The van der Waals surface area contributed by atoms with Crippen LogP contribution in [0.5, 0.6) is 0 Å². The van der Waals surface area contributed by atoms with Crippen LogP contribution in [0.3, 0.4) is 0 Å². The third-order valence-corrected chi connectivity index (χ3v) is 3.41. The quantitative estimate of drug-likeness (QED) is 0.548. The summed E-state index contributed by atoms with van der Waals surface area (Å²) in [6.07, 6.45) is 2.02. The van der Waals surface area contributed by atoms with Crippen LogP contribution in [-0.2, 0) is 17.9 Å². The fourth-order valence-electron chi connectivity index (χ4n) is 2.25. The van der Waals surface area contributed by atoms with Gasteiger partial charge in [-0.1, -0.05) is 30.7 Å². The maximum atomic E-state index is 5.96. The van der Waals surface area contributed by atoms with E-state index in [4.69, 9.17) is 9.15 Å². The van der Waals surface area contributed by atoms with Crippen LogP contribution in [0.15, 0.2) is 40.8 Å². The van der Waals surface area contributed by atoms with Gasteiger partial charge in [-0.15, -0.1) is 6.58 Å². The molecule has 0 saturated heterocycles. The van der Waals surface area contributed by atoms with E-state index in [0.717, 1.165) is 53.8 Å². The van der Waals surface area contributed by atoms with Crippen molar-refractivity contribution in [1.29, 1.82) is 0 Å². The fourth-order valence-corrected chi connectivity index (χ4v) is 2.25. The van der Waals surface area contributed by atoms with Crippen molar-refractivity contribution >= 4 is 11.0 Å². The number of rotatable bonds is 9. The van der Waals surface area contributed by atoms with Gasteiger partial charge in [-0.3, -0.25) is 0 Å². The minimum absolute atomic E-state index is 0.591. The van der Waals surface area contributed by atoms with E-state index in [0.29, 0.717) is 13.2 Å². The second-order valence-electron chi connectivity index (χ2n) is 5.44. The summed E-state index contributed by atoms with van der Waals surface area (Å²) in [6, 6.07) is 8.15. The Morgan fingerprint density at radius 1 is 1.33 bits per heavy atom. The summed E-state index contributed by atoms with van der Waals surface area (Å²) >= 11 is 0. The Balaban J connectivity index is 2.09. The molecule has 0 bridgehead atoms. The summed E-state index contributed by atoms with van der Waals surface area (Å²) in [7, 11) is 0. The zero-order chi connectivity index (χ0) is 15.1. The summed E-state index contributed by atoms with van der Waals surface area (Å²) in [5.74, 6) is 0.986. The van der Waals surface area contributed by atoms with Gasteiger partial charge in [-0.2, -0.15) is 0 Å². The van der Waals surface area contributed by atoms with Gasteiger partial charge in [0.05, 0.1) is 19.8 Å². The van der Waals surface area contributed by atoms with Crippen molar-refractivity contribution in [3.8, 4) is 0 Å². The molecule has 0 aliphatic rings. The van der Waals surface area contributed by atoms with Crippen molar-refractivity contribution in [3.05, 3.63) is 47.7 Å². The number of ether oxygens (including phenoxy) is 1. The number of para-hydroxylation sites is 1. The summed E-state index contributed by atoms with van der Waals surface area (Å²) < 4.78 is 11.8. The number of fused-ring (bicyclic) bond motifs is 1. The molecule has 0 atom stereocenters. The van der Waals surface area contributed by atoms with Gasteiger partial charge in [-0.05, 0) is 32.4 Å². The zero-order valence-electron chi connectivity index (χ0n) is 13.1. The highest BCUT2D eigenvalue weighted by Crippen LogP contribution is 2.26. The van der Waals surface area contributed by atoms with Crippen molar-refractivity contribution in [2.24, 2.45) is 0 Å². The topological polar surface area (TPSA) is 34.4 Å². The predicted octanol–water partition coefficient (Wildman–Crippen LogP) is 4.42. The smallest absolute Gasteiger partial charge is 0.134 e. The van der Waals surface area contributed by atoms with E-state index in [2.05, 4.69) is 24.9 Å². The molecule has 3 nitrogen and oxygen atoms in total. The average molecular weight is 287 g/mol. The van der Waals surface area contributed by atoms with Crippen LogP contribution in [0.25, 0.3) is 11.0 Å². The molecule has 0 aliphatic heterocycles. The predicted molar refractivity (Wildman–Crippen MR) is 87.3 cm³/mol. The normalized spacial score (nSPS) is 11.1. The summed E-state index contributed by atoms with van der Waals surface area (Å²) in [4.78, 5) is 0. The second kappa shape index (κ2) is 8.01. The SMILES string of the molecule is C=C(C)CCOCc1c(CNCCC)oc2ccccc12. The highest BCUT2D eigenvalue weighted by atomic mass is 16.5. The number of hydrogen-bond acceptors (Lipinski definition) is 3. The molecule has 0 aliphatic carbocycles. The van der Waals surface area contributed by atoms with Gasteiger partial charge in [0.1, 0.15) is 11.3 Å². The van der Waals surface area contributed by atoms with E-state index in [1.165, 1.54) is 0 Å². The lowest BCUT2D eigenvalue weighted by Gasteiger charge is -2.06. The molecule has 1 aromatic heterocycles. The molecular formula is C18H25NO2. The summed E-state index contributed by atoms with van der Waals surface area (Å²) in [5, 5.41) is 4.55. The summed E-state index contributed by atoms with van der Waals surface area (Å²) in [5.41, 5.74) is 3.25. The van der Waals surface area contributed by atoms with E-state index >= 15 is 0 Å². The first-order chi connectivity index (χ1) is 10.2. The maximum absolute atomic E-state index is 5.96. The molecule has 0 amide bonds. The van der Waals surface area contributed by atoms with Crippen LogP contribution >= 0.6 is 0 Å². The molecule has 0 fully saturated rings. The van der Waals surface area contributed by atoms with Crippen molar-refractivity contribution in [2.75, 3.05) is 13.2 Å². The minimum atomic E-state index is 0.591. The van der Waals surface area contributed by atoms with Gasteiger partial charge in [-0.25, -0.2) is 0 Å². The molecule has 21 heavy (non-hydrogen) atoms. The molecule has 1 heterocycles. The van der Waals surface area contributed by atoms with E-state index < -0.39 is 0 Å². The van der Waals surface area contributed by atoms with Crippen LogP contribution in [0.4, 0.5) is 0 Å². The van der Waals surface area contributed by atoms with Crippen LogP contribution < -0.4 is 5.32 Å². The van der Waals surface area contributed by atoms with E-state index in [1.54, 1.807) is 0 Å². The van der Waals surface area contributed by atoms with Crippen molar-refractivity contribution in [1.82, 2.24) is 5.32 Å². The molecule has 1 N–H and O–H groups in total. The Hall–Kier alpha value is -1.58. The molecule has 114 valence electrons. The molecule has 3 heteroatoms.